The number of aryl methyl sites for hydroxylation is 3. The molecule has 1 aliphatic rings. The second-order valence-corrected chi connectivity index (χ2v) is 6.91. The Morgan fingerprint density at radius 3 is 2.38 bits per heavy atom. The number of aromatic nitrogens is 2. The zero-order valence-electron chi connectivity index (χ0n) is 15.4. The third-order valence-electron chi connectivity index (χ3n) is 4.38. The predicted molar refractivity (Wildman–Crippen MR) is 95.6 cm³/mol. The molecule has 0 radical (unpaired) electrons. The van der Waals surface area contributed by atoms with Crippen LogP contribution in [0.5, 0.6) is 0 Å². The SMILES string of the molecule is Cc1cc(C)cc(-n2nc(C(=O)N3CC(C(=O)O)O[C@H](C)C3)cc2C)c1. The maximum absolute atomic E-state index is 12.8. The maximum Gasteiger partial charge on any atom is 0.334 e. The average molecular weight is 357 g/mol. The van der Waals surface area contributed by atoms with E-state index in [4.69, 9.17) is 4.74 Å². The molecule has 3 rings (SSSR count). The highest BCUT2D eigenvalue weighted by Gasteiger charge is 2.33. The number of carboxylic acids is 1. The van der Waals surface area contributed by atoms with Gasteiger partial charge in [-0.25, -0.2) is 9.48 Å². The molecule has 2 aromatic rings. The van der Waals surface area contributed by atoms with Gasteiger partial charge in [0.25, 0.3) is 5.91 Å². The third kappa shape index (κ3) is 3.62. The number of hydrogen-bond acceptors (Lipinski definition) is 4. The van der Waals surface area contributed by atoms with E-state index in [-0.39, 0.29) is 18.6 Å². The van der Waals surface area contributed by atoms with E-state index < -0.39 is 12.1 Å². The second kappa shape index (κ2) is 6.92. The van der Waals surface area contributed by atoms with Crippen LogP contribution in [0.2, 0.25) is 0 Å². The highest BCUT2D eigenvalue weighted by Crippen LogP contribution is 2.19. The van der Waals surface area contributed by atoms with Crippen LogP contribution in [-0.4, -0.2) is 57.0 Å². The zero-order chi connectivity index (χ0) is 19.0. The Labute approximate surface area is 152 Å². The van der Waals surface area contributed by atoms with E-state index in [1.807, 2.05) is 32.9 Å². The summed E-state index contributed by atoms with van der Waals surface area (Å²) in [6.45, 7) is 8.05. The molecule has 1 aromatic heterocycles. The first-order valence-electron chi connectivity index (χ1n) is 8.57. The summed E-state index contributed by atoms with van der Waals surface area (Å²) >= 11 is 0. The van der Waals surface area contributed by atoms with Gasteiger partial charge in [-0.3, -0.25) is 4.79 Å². The molecule has 7 nitrogen and oxygen atoms in total. The van der Waals surface area contributed by atoms with Crippen molar-refractivity contribution in [1.29, 1.82) is 0 Å². The number of ether oxygens (including phenoxy) is 1. The fraction of sp³-hybridized carbons (Fsp3) is 0.421. The zero-order valence-corrected chi connectivity index (χ0v) is 15.4. The summed E-state index contributed by atoms with van der Waals surface area (Å²) in [6, 6.07) is 7.84. The number of amides is 1. The monoisotopic (exact) mass is 357 g/mol. The van der Waals surface area contributed by atoms with Crippen LogP contribution in [0.4, 0.5) is 0 Å². The van der Waals surface area contributed by atoms with Crippen LogP contribution in [0.25, 0.3) is 5.69 Å². The minimum absolute atomic E-state index is 0.0218. The molecule has 0 bridgehead atoms. The first-order chi connectivity index (χ1) is 12.2. The Hall–Kier alpha value is -2.67. The molecule has 1 saturated heterocycles. The van der Waals surface area contributed by atoms with Gasteiger partial charge in [-0.05, 0) is 57.0 Å². The molecule has 2 heterocycles. The quantitative estimate of drug-likeness (QED) is 0.909. The Balaban J connectivity index is 1.88. The molecule has 1 amide bonds. The molecule has 138 valence electrons. The Kier molecular flexibility index (Phi) is 4.82. The number of carbonyl (C=O) groups is 2. The Morgan fingerprint density at radius 2 is 1.77 bits per heavy atom. The van der Waals surface area contributed by atoms with Crippen molar-refractivity contribution in [3.63, 3.8) is 0 Å². The summed E-state index contributed by atoms with van der Waals surface area (Å²) < 4.78 is 7.11. The van der Waals surface area contributed by atoms with Gasteiger partial charge in [0.2, 0.25) is 0 Å². The number of carbonyl (C=O) groups excluding carboxylic acids is 1. The van der Waals surface area contributed by atoms with Crippen molar-refractivity contribution < 1.29 is 19.4 Å². The average Bonchev–Trinajstić information content (AvgIpc) is 2.94. The van der Waals surface area contributed by atoms with Crippen LogP contribution in [0.1, 0.15) is 34.2 Å². The number of nitrogens with zero attached hydrogens (tertiary/aromatic N) is 3. The van der Waals surface area contributed by atoms with Crippen molar-refractivity contribution in [3.05, 3.63) is 46.8 Å². The Morgan fingerprint density at radius 1 is 1.12 bits per heavy atom. The molecule has 1 aliphatic heterocycles. The summed E-state index contributed by atoms with van der Waals surface area (Å²) in [5.74, 6) is -1.34. The third-order valence-corrected chi connectivity index (χ3v) is 4.38. The van der Waals surface area contributed by atoms with Gasteiger partial charge < -0.3 is 14.7 Å². The van der Waals surface area contributed by atoms with Gasteiger partial charge in [-0.1, -0.05) is 6.07 Å². The number of aliphatic carboxylic acids is 1. The molecular weight excluding hydrogens is 334 g/mol. The lowest BCUT2D eigenvalue weighted by Gasteiger charge is -2.34. The lowest BCUT2D eigenvalue weighted by molar-refractivity contribution is -0.160. The van der Waals surface area contributed by atoms with Gasteiger partial charge in [0.1, 0.15) is 0 Å². The summed E-state index contributed by atoms with van der Waals surface area (Å²) in [6.07, 6.45) is -1.35. The summed E-state index contributed by atoms with van der Waals surface area (Å²) in [7, 11) is 0. The molecule has 1 fully saturated rings. The summed E-state index contributed by atoms with van der Waals surface area (Å²) in [5, 5.41) is 13.7. The van der Waals surface area contributed by atoms with Crippen LogP contribution in [0.3, 0.4) is 0 Å². The molecule has 2 atom stereocenters. The van der Waals surface area contributed by atoms with E-state index >= 15 is 0 Å². The van der Waals surface area contributed by atoms with Crippen LogP contribution in [0.15, 0.2) is 24.3 Å². The topological polar surface area (TPSA) is 84.7 Å². The van der Waals surface area contributed by atoms with Crippen molar-refractivity contribution in [2.75, 3.05) is 13.1 Å². The molecule has 7 heteroatoms. The first kappa shape index (κ1) is 18.1. The van der Waals surface area contributed by atoms with Gasteiger partial charge in [-0.2, -0.15) is 5.10 Å². The first-order valence-corrected chi connectivity index (χ1v) is 8.57. The summed E-state index contributed by atoms with van der Waals surface area (Å²) in [4.78, 5) is 25.6. The van der Waals surface area contributed by atoms with E-state index in [9.17, 15) is 14.7 Å². The van der Waals surface area contributed by atoms with Gasteiger partial charge in [0.05, 0.1) is 18.3 Å². The molecular formula is C19H23N3O4. The standard InChI is InChI=1S/C19H23N3O4/c1-11-5-12(2)7-15(6-11)22-13(3)8-16(20-22)18(23)21-9-14(4)26-17(10-21)19(24)25/h5-8,14,17H,9-10H2,1-4H3,(H,24,25)/t14-,17?/m1/s1. The van der Waals surface area contributed by atoms with Crippen LogP contribution in [0, 0.1) is 20.8 Å². The van der Waals surface area contributed by atoms with Crippen molar-refractivity contribution in [2.45, 2.75) is 39.9 Å². The van der Waals surface area contributed by atoms with Crippen molar-refractivity contribution >= 4 is 11.9 Å². The van der Waals surface area contributed by atoms with Crippen LogP contribution >= 0.6 is 0 Å². The van der Waals surface area contributed by atoms with E-state index in [1.54, 1.807) is 17.7 Å². The van der Waals surface area contributed by atoms with Crippen LogP contribution in [-0.2, 0) is 9.53 Å². The van der Waals surface area contributed by atoms with E-state index in [0.717, 1.165) is 22.5 Å². The molecule has 0 spiro atoms. The van der Waals surface area contributed by atoms with E-state index in [0.29, 0.717) is 12.2 Å². The number of hydrogen-bond donors (Lipinski definition) is 1. The highest BCUT2D eigenvalue weighted by atomic mass is 16.5. The lowest BCUT2D eigenvalue weighted by Crippen LogP contribution is -2.51. The molecule has 0 saturated carbocycles. The van der Waals surface area contributed by atoms with Gasteiger partial charge >= 0.3 is 5.97 Å². The number of carboxylic acid groups (broad SMARTS) is 1. The van der Waals surface area contributed by atoms with Crippen molar-refractivity contribution in [2.24, 2.45) is 0 Å². The molecule has 26 heavy (non-hydrogen) atoms. The van der Waals surface area contributed by atoms with Gasteiger partial charge in [-0.15, -0.1) is 0 Å². The van der Waals surface area contributed by atoms with Crippen molar-refractivity contribution in [3.8, 4) is 5.69 Å². The largest absolute Gasteiger partial charge is 0.479 e. The molecule has 0 aliphatic carbocycles. The fourth-order valence-electron chi connectivity index (χ4n) is 3.33. The maximum atomic E-state index is 12.8. The predicted octanol–water partition coefficient (Wildman–Crippen LogP) is 2.11. The fourth-order valence-corrected chi connectivity index (χ4v) is 3.33. The number of rotatable bonds is 3. The Bertz CT molecular complexity index is 838. The normalized spacial score (nSPS) is 20.2. The minimum atomic E-state index is -1.06. The highest BCUT2D eigenvalue weighted by molar-refractivity contribution is 5.93. The second-order valence-electron chi connectivity index (χ2n) is 6.91. The van der Waals surface area contributed by atoms with E-state index in [2.05, 4.69) is 11.2 Å². The molecule has 1 N–H and O–H groups in total. The number of morpholine rings is 1. The molecule has 1 unspecified atom stereocenters. The molecule has 1 aromatic carbocycles. The van der Waals surface area contributed by atoms with Gasteiger partial charge in [0, 0.05) is 12.2 Å². The lowest BCUT2D eigenvalue weighted by atomic mass is 10.1. The van der Waals surface area contributed by atoms with Gasteiger partial charge in [0.15, 0.2) is 11.8 Å². The minimum Gasteiger partial charge on any atom is -0.479 e. The summed E-state index contributed by atoms with van der Waals surface area (Å²) in [5.41, 5.74) is 4.29. The van der Waals surface area contributed by atoms with Crippen LogP contribution < -0.4 is 0 Å². The number of benzene rings is 1. The smallest absolute Gasteiger partial charge is 0.334 e. The van der Waals surface area contributed by atoms with E-state index in [1.165, 1.54) is 4.90 Å². The van der Waals surface area contributed by atoms with Crippen molar-refractivity contribution in [1.82, 2.24) is 14.7 Å².